The van der Waals surface area contributed by atoms with E-state index in [4.69, 9.17) is 9.97 Å². The first-order chi connectivity index (χ1) is 26.3. The van der Waals surface area contributed by atoms with Crippen molar-refractivity contribution in [3.05, 3.63) is 235 Å². The molecule has 2 heteroatoms. The summed E-state index contributed by atoms with van der Waals surface area (Å²) in [7, 11) is 0. The van der Waals surface area contributed by atoms with Crippen LogP contribution in [0.2, 0.25) is 0 Å². The summed E-state index contributed by atoms with van der Waals surface area (Å²) in [5.74, 6) is 0.685. The van der Waals surface area contributed by atoms with Gasteiger partial charge in [-0.2, -0.15) is 0 Å². The number of allylic oxidation sites excluding steroid dienone is 5. The molecule has 9 rings (SSSR count). The molecule has 0 saturated heterocycles. The van der Waals surface area contributed by atoms with Crippen molar-refractivity contribution in [3.8, 4) is 44.9 Å². The first-order valence-electron chi connectivity index (χ1n) is 18.1. The van der Waals surface area contributed by atoms with Crippen molar-refractivity contribution in [2.75, 3.05) is 0 Å². The van der Waals surface area contributed by atoms with E-state index in [9.17, 15) is 0 Å². The van der Waals surface area contributed by atoms with Crippen LogP contribution >= 0.6 is 0 Å². The Kier molecular flexibility index (Phi) is 8.47. The van der Waals surface area contributed by atoms with Gasteiger partial charge in [0.1, 0.15) is 0 Å². The molecule has 0 atom stereocenters. The highest BCUT2D eigenvalue weighted by Crippen LogP contribution is 2.47. The summed E-state index contributed by atoms with van der Waals surface area (Å²) < 4.78 is 0. The molecule has 0 saturated carbocycles. The highest BCUT2D eigenvalue weighted by Gasteiger charge is 2.39. The third-order valence-electron chi connectivity index (χ3n) is 10.2. The van der Waals surface area contributed by atoms with Gasteiger partial charge in [-0.05, 0) is 50.2 Å². The molecule has 0 fully saturated rings. The van der Waals surface area contributed by atoms with Crippen molar-refractivity contribution >= 4 is 16.8 Å². The van der Waals surface area contributed by atoms with Crippen LogP contribution in [0.4, 0.5) is 0 Å². The van der Waals surface area contributed by atoms with Crippen LogP contribution in [0, 0.1) is 0 Å². The van der Waals surface area contributed by atoms with E-state index in [1.807, 2.05) is 6.07 Å². The number of benzene rings is 7. The maximum absolute atomic E-state index is 5.57. The van der Waals surface area contributed by atoms with Gasteiger partial charge in [0.05, 0.1) is 16.8 Å². The number of hydrogen-bond donors (Lipinski definition) is 0. The molecule has 1 aliphatic carbocycles. The van der Waals surface area contributed by atoms with Crippen molar-refractivity contribution in [2.24, 2.45) is 0 Å². The standard InChI is InChI=1S/C51H36N2/c1-2-15-36-51(43-21-8-4-9-22-43,44-23-10-5-11-24-44)48-47(27-12-1)52-50(53-49(48)46-26-16-20-41-19-13-14-25-45(41)46)42-34-32-40(33-35-42)39-30-28-38(29-31-39)37-17-6-3-7-18-37/h1-36H/b2-1?,27-12?,36-15+. The highest BCUT2D eigenvalue weighted by molar-refractivity contribution is 5.98. The second-order valence-electron chi connectivity index (χ2n) is 13.3. The minimum atomic E-state index is -0.697. The SMILES string of the molecule is C1=C/C=C/C(c2ccccc2)(c2ccccc2)c2c(nc(-c3ccc(-c4ccc(-c5ccccc5)cc4)cc3)nc2-c2cccc3ccccc23)C=C1. The maximum atomic E-state index is 5.57. The minimum absolute atomic E-state index is 0.685. The lowest BCUT2D eigenvalue weighted by atomic mass is 9.67. The Balaban J connectivity index is 1.27. The lowest BCUT2D eigenvalue weighted by Crippen LogP contribution is -2.30. The molecule has 53 heavy (non-hydrogen) atoms. The Morgan fingerprint density at radius 1 is 0.377 bits per heavy atom. The Bertz CT molecular complexity index is 2570. The molecule has 250 valence electrons. The van der Waals surface area contributed by atoms with Gasteiger partial charge in [-0.3, -0.25) is 0 Å². The molecule has 0 aliphatic heterocycles. The van der Waals surface area contributed by atoms with Crippen molar-refractivity contribution in [2.45, 2.75) is 5.41 Å². The fraction of sp³-hybridized carbons (Fsp3) is 0.0196. The zero-order chi connectivity index (χ0) is 35.5. The second-order valence-corrected chi connectivity index (χ2v) is 13.3. The smallest absolute Gasteiger partial charge is 0.160 e. The summed E-state index contributed by atoms with van der Waals surface area (Å²) >= 11 is 0. The summed E-state index contributed by atoms with van der Waals surface area (Å²) in [5.41, 5.74) is 11.2. The van der Waals surface area contributed by atoms with Gasteiger partial charge in [0.25, 0.3) is 0 Å². The van der Waals surface area contributed by atoms with Gasteiger partial charge in [-0.15, -0.1) is 0 Å². The first kappa shape index (κ1) is 32.0. The van der Waals surface area contributed by atoms with Crippen LogP contribution in [-0.4, -0.2) is 9.97 Å². The van der Waals surface area contributed by atoms with E-state index in [1.165, 1.54) is 22.1 Å². The predicted octanol–water partition coefficient (Wildman–Crippen LogP) is 12.8. The Labute approximate surface area is 310 Å². The van der Waals surface area contributed by atoms with Gasteiger partial charge < -0.3 is 0 Å². The van der Waals surface area contributed by atoms with E-state index in [-0.39, 0.29) is 0 Å². The number of aromatic nitrogens is 2. The molecule has 2 nitrogen and oxygen atoms in total. The average molecular weight is 677 g/mol. The largest absolute Gasteiger partial charge is 0.228 e. The van der Waals surface area contributed by atoms with E-state index >= 15 is 0 Å². The Morgan fingerprint density at radius 2 is 0.887 bits per heavy atom. The molecule has 7 aromatic carbocycles. The molecule has 0 N–H and O–H groups in total. The number of hydrogen-bond acceptors (Lipinski definition) is 2. The Hall–Kier alpha value is -6.90. The first-order valence-corrected chi connectivity index (χ1v) is 18.1. The fourth-order valence-electron chi connectivity index (χ4n) is 7.65. The maximum Gasteiger partial charge on any atom is 0.160 e. The van der Waals surface area contributed by atoms with Crippen LogP contribution in [0.5, 0.6) is 0 Å². The third-order valence-corrected chi connectivity index (χ3v) is 10.2. The average Bonchev–Trinajstić information content (AvgIpc) is 3.34. The quantitative estimate of drug-likeness (QED) is 0.175. The van der Waals surface area contributed by atoms with Crippen LogP contribution in [-0.2, 0) is 5.41 Å². The van der Waals surface area contributed by atoms with Gasteiger partial charge in [-0.1, -0.05) is 212 Å². The van der Waals surface area contributed by atoms with Gasteiger partial charge in [-0.25, -0.2) is 9.97 Å². The minimum Gasteiger partial charge on any atom is -0.228 e. The van der Waals surface area contributed by atoms with Gasteiger partial charge in [0, 0.05) is 16.7 Å². The zero-order valence-electron chi connectivity index (χ0n) is 29.2. The van der Waals surface area contributed by atoms with E-state index in [2.05, 4.69) is 212 Å². The molecule has 1 aliphatic rings. The monoisotopic (exact) mass is 676 g/mol. The fourth-order valence-corrected chi connectivity index (χ4v) is 7.65. The summed E-state index contributed by atoms with van der Waals surface area (Å²) in [6, 6.07) is 64.5. The van der Waals surface area contributed by atoms with Crippen molar-refractivity contribution < 1.29 is 0 Å². The molecule has 1 aromatic heterocycles. The molecule has 0 spiro atoms. The van der Waals surface area contributed by atoms with E-state index in [0.29, 0.717) is 5.82 Å². The molecule has 1 heterocycles. The summed E-state index contributed by atoms with van der Waals surface area (Å²) in [5, 5.41) is 2.32. The number of fused-ring (bicyclic) bond motifs is 2. The van der Waals surface area contributed by atoms with Crippen LogP contribution in [0.15, 0.2) is 212 Å². The molecule has 0 bridgehead atoms. The van der Waals surface area contributed by atoms with Crippen molar-refractivity contribution in [3.63, 3.8) is 0 Å². The van der Waals surface area contributed by atoms with Crippen LogP contribution < -0.4 is 0 Å². The van der Waals surface area contributed by atoms with Crippen LogP contribution in [0.3, 0.4) is 0 Å². The topological polar surface area (TPSA) is 25.8 Å². The molecule has 0 amide bonds. The molecule has 0 unspecified atom stereocenters. The number of rotatable bonds is 6. The second kappa shape index (κ2) is 14.0. The number of nitrogens with zero attached hydrogens (tertiary/aromatic N) is 2. The molecular formula is C51H36N2. The molecule has 0 radical (unpaired) electrons. The summed E-state index contributed by atoms with van der Waals surface area (Å²) in [6.07, 6.45) is 12.9. The lowest BCUT2D eigenvalue weighted by Gasteiger charge is -2.35. The van der Waals surface area contributed by atoms with Gasteiger partial charge in [0.15, 0.2) is 5.82 Å². The summed E-state index contributed by atoms with van der Waals surface area (Å²) in [4.78, 5) is 11.0. The van der Waals surface area contributed by atoms with Crippen LogP contribution in [0.1, 0.15) is 22.4 Å². The normalized spacial score (nSPS) is 13.8. The third kappa shape index (κ3) is 6.01. The van der Waals surface area contributed by atoms with E-state index in [1.54, 1.807) is 0 Å². The summed E-state index contributed by atoms with van der Waals surface area (Å²) in [6.45, 7) is 0. The zero-order valence-corrected chi connectivity index (χ0v) is 29.2. The molecular weight excluding hydrogens is 641 g/mol. The highest BCUT2D eigenvalue weighted by atomic mass is 14.9. The van der Waals surface area contributed by atoms with Crippen LogP contribution in [0.25, 0.3) is 61.7 Å². The Morgan fingerprint density at radius 3 is 1.53 bits per heavy atom. The molecule has 8 aromatic rings. The van der Waals surface area contributed by atoms with Gasteiger partial charge >= 0.3 is 0 Å². The van der Waals surface area contributed by atoms with Gasteiger partial charge in [0.2, 0.25) is 0 Å². The van der Waals surface area contributed by atoms with E-state index < -0.39 is 5.41 Å². The van der Waals surface area contributed by atoms with E-state index in [0.717, 1.165) is 50.2 Å². The lowest BCUT2D eigenvalue weighted by molar-refractivity contribution is 0.766. The van der Waals surface area contributed by atoms with Crippen molar-refractivity contribution in [1.82, 2.24) is 9.97 Å². The predicted molar refractivity (Wildman–Crippen MR) is 221 cm³/mol. The van der Waals surface area contributed by atoms with Crippen molar-refractivity contribution in [1.29, 1.82) is 0 Å².